The fraction of sp³-hybridized carbons (Fsp3) is 0.280. The summed E-state index contributed by atoms with van der Waals surface area (Å²) in [5.41, 5.74) is 11.0. The zero-order valence-corrected chi connectivity index (χ0v) is 19.4. The van der Waals surface area contributed by atoms with E-state index in [4.69, 9.17) is 15.7 Å². The Morgan fingerprint density at radius 2 is 1.79 bits per heavy atom. The van der Waals surface area contributed by atoms with Crippen LogP contribution in [0.25, 0.3) is 22.2 Å². The first kappa shape index (κ1) is 22.3. The van der Waals surface area contributed by atoms with Gasteiger partial charge < -0.3 is 16.0 Å². The zero-order valence-electron chi connectivity index (χ0n) is 19.4. The second-order valence-corrected chi connectivity index (χ2v) is 8.63. The molecule has 0 aliphatic carbocycles. The summed E-state index contributed by atoms with van der Waals surface area (Å²) < 4.78 is 1.49. The first-order chi connectivity index (χ1) is 15.8. The van der Waals surface area contributed by atoms with Gasteiger partial charge in [0.25, 0.3) is 5.91 Å². The van der Waals surface area contributed by atoms with Gasteiger partial charge in [-0.15, -0.1) is 0 Å². The molecule has 0 fully saturated rings. The van der Waals surface area contributed by atoms with E-state index < -0.39 is 0 Å². The summed E-state index contributed by atoms with van der Waals surface area (Å²) in [7, 11) is 3.99. The highest BCUT2D eigenvalue weighted by Gasteiger charge is 2.23. The summed E-state index contributed by atoms with van der Waals surface area (Å²) in [5.74, 6) is 0.423. The molecule has 0 saturated carbocycles. The number of para-hydroxylation sites is 2. The van der Waals surface area contributed by atoms with Crippen molar-refractivity contribution in [1.29, 1.82) is 0 Å². The van der Waals surface area contributed by atoms with E-state index >= 15 is 0 Å². The molecule has 2 heterocycles. The molecular weight excluding hydrogens is 414 g/mol. The molecule has 3 N–H and O–H groups in total. The van der Waals surface area contributed by atoms with Crippen LogP contribution in [0.15, 0.2) is 53.6 Å². The molecule has 4 aromatic rings. The summed E-state index contributed by atoms with van der Waals surface area (Å²) in [6, 6.07) is 15.5. The monoisotopic (exact) mass is 443 g/mol. The maximum atomic E-state index is 13.1. The number of benzene rings is 2. The molecule has 2 aromatic heterocycles. The SMILES string of the molecule is CC(C)CCNC(=O)c1c(N)n(N=Cc2ccc(N(C)C)cc2)c2nc3ccccc3nc12. The van der Waals surface area contributed by atoms with Crippen LogP contribution in [0.3, 0.4) is 0 Å². The van der Waals surface area contributed by atoms with Crippen LogP contribution < -0.4 is 16.0 Å². The highest BCUT2D eigenvalue weighted by molar-refractivity contribution is 6.10. The minimum Gasteiger partial charge on any atom is -0.383 e. The summed E-state index contributed by atoms with van der Waals surface area (Å²) in [4.78, 5) is 24.5. The maximum Gasteiger partial charge on any atom is 0.257 e. The number of carbonyl (C=O) groups excluding carboxylic acids is 1. The summed E-state index contributed by atoms with van der Waals surface area (Å²) in [6.45, 7) is 4.79. The Hall–Kier alpha value is -3.94. The van der Waals surface area contributed by atoms with Crippen LogP contribution in [0.4, 0.5) is 11.5 Å². The Morgan fingerprint density at radius 1 is 1.12 bits per heavy atom. The molecule has 0 saturated heterocycles. The van der Waals surface area contributed by atoms with E-state index in [-0.39, 0.29) is 11.7 Å². The van der Waals surface area contributed by atoms with Crippen molar-refractivity contribution in [1.82, 2.24) is 20.0 Å². The third-order valence-electron chi connectivity index (χ3n) is 5.44. The van der Waals surface area contributed by atoms with Crippen molar-refractivity contribution in [2.24, 2.45) is 11.0 Å². The van der Waals surface area contributed by atoms with E-state index in [9.17, 15) is 4.79 Å². The van der Waals surface area contributed by atoms with Gasteiger partial charge in [0.2, 0.25) is 0 Å². The number of aromatic nitrogens is 3. The third-order valence-corrected chi connectivity index (χ3v) is 5.44. The molecular formula is C25H29N7O. The highest BCUT2D eigenvalue weighted by atomic mass is 16.1. The summed E-state index contributed by atoms with van der Waals surface area (Å²) in [6.07, 6.45) is 2.58. The molecule has 0 atom stereocenters. The molecule has 0 aliphatic rings. The van der Waals surface area contributed by atoms with Crippen LogP contribution >= 0.6 is 0 Å². The lowest BCUT2D eigenvalue weighted by Crippen LogP contribution is -2.26. The Labute approximate surface area is 193 Å². The second-order valence-electron chi connectivity index (χ2n) is 8.63. The van der Waals surface area contributed by atoms with Gasteiger partial charge in [0.15, 0.2) is 5.65 Å². The molecule has 0 bridgehead atoms. The van der Waals surface area contributed by atoms with Gasteiger partial charge in [-0.3, -0.25) is 4.79 Å². The molecule has 0 spiro atoms. The van der Waals surface area contributed by atoms with Crippen molar-refractivity contribution in [3.63, 3.8) is 0 Å². The average molecular weight is 444 g/mol. The lowest BCUT2D eigenvalue weighted by Gasteiger charge is -2.11. The number of nitrogens with zero attached hydrogens (tertiary/aromatic N) is 5. The smallest absolute Gasteiger partial charge is 0.257 e. The number of fused-ring (bicyclic) bond motifs is 2. The van der Waals surface area contributed by atoms with Crippen LogP contribution in [0.5, 0.6) is 0 Å². The van der Waals surface area contributed by atoms with Crippen LogP contribution in [-0.4, -0.2) is 47.4 Å². The van der Waals surface area contributed by atoms with Gasteiger partial charge in [0.05, 0.1) is 17.2 Å². The Kier molecular flexibility index (Phi) is 6.26. The van der Waals surface area contributed by atoms with Crippen molar-refractivity contribution in [2.75, 3.05) is 31.3 Å². The Morgan fingerprint density at radius 3 is 2.42 bits per heavy atom. The Bertz CT molecular complexity index is 1320. The Balaban J connectivity index is 1.78. The normalized spacial score (nSPS) is 11.7. The molecule has 8 nitrogen and oxygen atoms in total. The number of rotatable bonds is 7. The summed E-state index contributed by atoms with van der Waals surface area (Å²) >= 11 is 0. The number of hydrogen-bond acceptors (Lipinski definition) is 6. The largest absolute Gasteiger partial charge is 0.383 e. The predicted octanol–water partition coefficient (Wildman–Crippen LogP) is 3.89. The molecule has 0 unspecified atom stereocenters. The topological polar surface area (TPSA) is 101 Å². The molecule has 0 radical (unpaired) electrons. The maximum absolute atomic E-state index is 13.1. The van der Waals surface area contributed by atoms with Gasteiger partial charge in [-0.2, -0.15) is 9.78 Å². The predicted molar refractivity (Wildman–Crippen MR) is 135 cm³/mol. The van der Waals surface area contributed by atoms with E-state index in [1.807, 2.05) is 67.5 Å². The lowest BCUT2D eigenvalue weighted by molar-refractivity contribution is 0.0954. The van der Waals surface area contributed by atoms with Crippen LogP contribution in [-0.2, 0) is 0 Å². The van der Waals surface area contributed by atoms with Crippen molar-refractivity contribution in [2.45, 2.75) is 20.3 Å². The standard InChI is InChI=1S/C25H29N7O/c1-16(2)13-14-27-25(33)21-22-24(30-20-8-6-5-7-19(20)29-22)32(23(21)26)28-15-17-9-11-18(12-10-17)31(3)4/h5-12,15-16H,13-14,26H2,1-4H3,(H,27,33). The van der Waals surface area contributed by atoms with Gasteiger partial charge in [0, 0.05) is 26.3 Å². The first-order valence-electron chi connectivity index (χ1n) is 11.0. The number of anilines is 2. The quantitative estimate of drug-likeness (QED) is 0.422. The number of carbonyl (C=O) groups is 1. The van der Waals surface area contributed by atoms with E-state index in [2.05, 4.69) is 24.3 Å². The van der Waals surface area contributed by atoms with Crippen LogP contribution in [0, 0.1) is 5.92 Å². The van der Waals surface area contributed by atoms with Gasteiger partial charge in [-0.05, 0) is 42.2 Å². The highest BCUT2D eigenvalue weighted by Crippen LogP contribution is 2.28. The van der Waals surface area contributed by atoms with Crippen molar-refractivity contribution < 1.29 is 4.79 Å². The lowest BCUT2D eigenvalue weighted by atomic mass is 10.1. The van der Waals surface area contributed by atoms with E-state index in [1.165, 1.54) is 4.68 Å². The van der Waals surface area contributed by atoms with Crippen LogP contribution in [0.1, 0.15) is 36.2 Å². The number of hydrogen-bond donors (Lipinski definition) is 2. The number of nitrogen functional groups attached to an aromatic ring is 1. The third kappa shape index (κ3) is 4.64. The number of nitrogens with one attached hydrogen (secondary N) is 1. The zero-order chi connectivity index (χ0) is 23.5. The number of amides is 1. The molecule has 8 heteroatoms. The van der Waals surface area contributed by atoms with E-state index in [0.29, 0.717) is 40.2 Å². The minimum atomic E-state index is -0.271. The second kappa shape index (κ2) is 9.28. The molecule has 0 aliphatic heterocycles. The van der Waals surface area contributed by atoms with Gasteiger partial charge in [-0.25, -0.2) is 9.97 Å². The van der Waals surface area contributed by atoms with Crippen molar-refractivity contribution in [3.8, 4) is 0 Å². The first-order valence-corrected chi connectivity index (χ1v) is 11.0. The average Bonchev–Trinajstić information content (AvgIpc) is 3.06. The summed E-state index contributed by atoms with van der Waals surface area (Å²) in [5, 5.41) is 7.53. The van der Waals surface area contributed by atoms with Gasteiger partial charge >= 0.3 is 0 Å². The van der Waals surface area contributed by atoms with Crippen LogP contribution in [0.2, 0.25) is 0 Å². The molecule has 170 valence electrons. The van der Waals surface area contributed by atoms with E-state index in [1.54, 1.807) is 6.21 Å². The molecule has 4 rings (SSSR count). The van der Waals surface area contributed by atoms with E-state index in [0.717, 1.165) is 17.7 Å². The molecule has 33 heavy (non-hydrogen) atoms. The van der Waals surface area contributed by atoms with Crippen molar-refractivity contribution >= 4 is 45.8 Å². The minimum absolute atomic E-state index is 0.212. The van der Waals surface area contributed by atoms with Gasteiger partial charge in [0.1, 0.15) is 16.9 Å². The molecule has 2 aromatic carbocycles. The molecule has 1 amide bonds. The fourth-order valence-electron chi connectivity index (χ4n) is 3.53. The fourth-order valence-corrected chi connectivity index (χ4v) is 3.53. The van der Waals surface area contributed by atoms with Gasteiger partial charge in [-0.1, -0.05) is 38.1 Å². The number of nitrogens with two attached hydrogens (primary N) is 1. The van der Waals surface area contributed by atoms with Crippen molar-refractivity contribution in [3.05, 3.63) is 59.7 Å².